The van der Waals surface area contributed by atoms with Gasteiger partial charge in [-0.25, -0.2) is 4.79 Å². The van der Waals surface area contributed by atoms with E-state index < -0.39 is 36.5 Å². The minimum atomic E-state index is -4.48. The molecule has 0 saturated carbocycles. The van der Waals surface area contributed by atoms with Gasteiger partial charge in [0.2, 0.25) is 0 Å². The van der Waals surface area contributed by atoms with Gasteiger partial charge >= 0.3 is 12.3 Å². The molecule has 1 saturated heterocycles. The molecule has 0 N–H and O–H groups in total. The van der Waals surface area contributed by atoms with Gasteiger partial charge in [-0.15, -0.1) is 0 Å². The average Bonchev–Trinajstić information content (AvgIpc) is 2.43. The van der Waals surface area contributed by atoms with Gasteiger partial charge in [0.15, 0.2) is 0 Å². The highest BCUT2D eigenvalue weighted by molar-refractivity contribution is 5.81. The Bertz CT molecular complexity index is 491. The number of amides is 2. The summed E-state index contributed by atoms with van der Waals surface area (Å²) < 4.78 is 46.7. The van der Waals surface area contributed by atoms with E-state index in [0.717, 1.165) is 0 Å². The van der Waals surface area contributed by atoms with Crippen LogP contribution in [0, 0.1) is 0 Å². The zero-order chi connectivity index (χ0) is 19.6. The summed E-state index contributed by atoms with van der Waals surface area (Å²) in [6.07, 6.45) is -6.16. The number of hydrogen-bond acceptors (Lipinski definition) is 4. The van der Waals surface area contributed by atoms with E-state index in [1.807, 2.05) is 0 Å². The highest BCUT2D eigenvalue weighted by Gasteiger charge is 2.38. The number of carbonyl (C=O) groups is 2. The van der Waals surface area contributed by atoms with Crippen LogP contribution < -0.4 is 0 Å². The molecule has 0 bridgehead atoms. The van der Waals surface area contributed by atoms with Crippen molar-refractivity contribution in [3.05, 3.63) is 0 Å². The van der Waals surface area contributed by atoms with Gasteiger partial charge in [0, 0.05) is 25.2 Å². The molecule has 6 nitrogen and oxygen atoms in total. The van der Waals surface area contributed by atoms with E-state index >= 15 is 0 Å². The Morgan fingerprint density at radius 1 is 1.08 bits per heavy atom. The molecule has 3 atom stereocenters. The lowest BCUT2D eigenvalue weighted by atomic mass is 10.1. The zero-order valence-corrected chi connectivity index (χ0v) is 15.5. The fourth-order valence-electron chi connectivity index (χ4n) is 2.53. The summed E-state index contributed by atoms with van der Waals surface area (Å²) in [5, 5.41) is 0. The first-order valence-electron chi connectivity index (χ1n) is 8.19. The monoisotopic (exact) mass is 368 g/mol. The Hall–Kier alpha value is -1.51. The molecule has 0 aliphatic carbocycles. The Morgan fingerprint density at radius 2 is 1.56 bits per heavy atom. The van der Waals surface area contributed by atoms with Crippen molar-refractivity contribution in [2.45, 2.75) is 71.5 Å². The van der Waals surface area contributed by atoms with Crippen LogP contribution in [0.15, 0.2) is 0 Å². The van der Waals surface area contributed by atoms with Crippen LogP contribution in [-0.4, -0.2) is 71.5 Å². The Labute approximate surface area is 146 Å². The number of ether oxygens (including phenoxy) is 2. The summed E-state index contributed by atoms with van der Waals surface area (Å²) in [4.78, 5) is 27.6. The number of rotatable bonds is 3. The molecule has 0 unspecified atom stereocenters. The maximum atomic E-state index is 12.4. The molecule has 0 aromatic carbocycles. The lowest BCUT2D eigenvalue weighted by molar-refractivity contribution is -0.190. The topological polar surface area (TPSA) is 59.1 Å². The van der Waals surface area contributed by atoms with E-state index in [9.17, 15) is 22.8 Å². The van der Waals surface area contributed by atoms with Crippen LogP contribution in [0.2, 0.25) is 0 Å². The fraction of sp³-hybridized carbons (Fsp3) is 0.875. The third kappa shape index (κ3) is 6.72. The number of halogens is 3. The molecule has 146 valence electrons. The van der Waals surface area contributed by atoms with E-state index in [2.05, 4.69) is 4.74 Å². The van der Waals surface area contributed by atoms with Crippen molar-refractivity contribution in [2.75, 3.05) is 19.7 Å². The smallest absolute Gasteiger partial charge is 0.411 e. The van der Waals surface area contributed by atoms with Crippen LogP contribution in [0.25, 0.3) is 0 Å². The minimum Gasteiger partial charge on any atom is -0.444 e. The van der Waals surface area contributed by atoms with Crippen LogP contribution in [0.1, 0.15) is 41.5 Å². The Balaban J connectivity index is 2.69. The van der Waals surface area contributed by atoms with Gasteiger partial charge in [-0.05, 0) is 41.5 Å². The summed E-state index contributed by atoms with van der Waals surface area (Å²) in [6.45, 7) is 9.06. The maximum absolute atomic E-state index is 12.4. The standard InChI is InChI=1S/C16H27F3N2O4/c1-10-8-21(14(23)25-15(4,5)6)11(2)7-20(10)13(22)12(3)24-9-16(17,18)19/h10-12H,7-9H2,1-6H3/t10-,11-,12+/m1/s1. The van der Waals surface area contributed by atoms with Crippen LogP contribution >= 0.6 is 0 Å². The van der Waals surface area contributed by atoms with Gasteiger partial charge in [0.25, 0.3) is 5.91 Å². The third-order valence-electron chi connectivity index (χ3n) is 3.74. The van der Waals surface area contributed by atoms with Crippen molar-refractivity contribution in [2.24, 2.45) is 0 Å². The Morgan fingerprint density at radius 3 is 2.04 bits per heavy atom. The highest BCUT2D eigenvalue weighted by Crippen LogP contribution is 2.21. The van der Waals surface area contributed by atoms with Gasteiger partial charge in [0.05, 0.1) is 0 Å². The molecule has 1 aliphatic rings. The second-order valence-corrected chi connectivity index (χ2v) is 7.39. The van der Waals surface area contributed by atoms with E-state index in [1.54, 1.807) is 34.6 Å². The van der Waals surface area contributed by atoms with Gasteiger partial charge in [-0.2, -0.15) is 13.2 Å². The van der Waals surface area contributed by atoms with Crippen molar-refractivity contribution in [3.8, 4) is 0 Å². The van der Waals surface area contributed by atoms with Crippen LogP contribution in [0.3, 0.4) is 0 Å². The van der Waals surface area contributed by atoms with E-state index in [1.165, 1.54) is 16.7 Å². The zero-order valence-electron chi connectivity index (χ0n) is 15.5. The second kappa shape index (κ2) is 7.80. The molecule has 1 fully saturated rings. The first-order chi connectivity index (χ1) is 11.2. The fourth-order valence-corrected chi connectivity index (χ4v) is 2.53. The van der Waals surface area contributed by atoms with Crippen molar-refractivity contribution < 1.29 is 32.2 Å². The van der Waals surface area contributed by atoms with Gasteiger partial charge < -0.3 is 19.3 Å². The summed E-state index contributed by atoms with van der Waals surface area (Å²) in [7, 11) is 0. The number of piperazine rings is 1. The molecular formula is C16H27F3N2O4. The number of carbonyl (C=O) groups excluding carboxylic acids is 2. The van der Waals surface area contributed by atoms with Gasteiger partial charge in [-0.3, -0.25) is 4.79 Å². The second-order valence-electron chi connectivity index (χ2n) is 7.39. The minimum absolute atomic E-state index is 0.207. The largest absolute Gasteiger partial charge is 0.444 e. The quantitative estimate of drug-likeness (QED) is 0.769. The summed E-state index contributed by atoms with van der Waals surface area (Å²) in [6, 6.07) is -0.669. The lowest BCUT2D eigenvalue weighted by Gasteiger charge is -2.44. The SMILES string of the molecule is C[C@H](OCC(F)(F)F)C(=O)N1C[C@@H](C)N(C(=O)OC(C)(C)C)C[C@H]1C. The van der Waals surface area contributed by atoms with Gasteiger partial charge in [0.1, 0.15) is 18.3 Å². The van der Waals surface area contributed by atoms with E-state index in [0.29, 0.717) is 0 Å². The maximum Gasteiger partial charge on any atom is 0.411 e. The average molecular weight is 368 g/mol. The highest BCUT2D eigenvalue weighted by atomic mass is 19.4. The Kier molecular flexibility index (Phi) is 6.72. The van der Waals surface area contributed by atoms with Crippen molar-refractivity contribution >= 4 is 12.0 Å². The normalized spacial score (nSPS) is 23.4. The predicted octanol–water partition coefficient (Wildman–Crippen LogP) is 2.81. The first-order valence-corrected chi connectivity index (χ1v) is 8.19. The molecule has 2 amide bonds. The molecule has 1 heterocycles. The van der Waals surface area contributed by atoms with Crippen molar-refractivity contribution in [1.82, 2.24) is 9.80 Å². The molecule has 9 heteroatoms. The predicted molar refractivity (Wildman–Crippen MR) is 85.0 cm³/mol. The first kappa shape index (κ1) is 21.5. The lowest BCUT2D eigenvalue weighted by Crippen LogP contribution is -2.61. The molecule has 0 spiro atoms. The van der Waals surface area contributed by atoms with Crippen molar-refractivity contribution in [1.29, 1.82) is 0 Å². The molecule has 25 heavy (non-hydrogen) atoms. The molecule has 1 rings (SSSR count). The third-order valence-corrected chi connectivity index (χ3v) is 3.74. The van der Waals surface area contributed by atoms with Crippen LogP contribution in [-0.2, 0) is 14.3 Å². The van der Waals surface area contributed by atoms with Crippen molar-refractivity contribution in [3.63, 3.8) is 0 Å². The van der Waals surface area contributed by atoms with Gasteiger partial charge in [-0.1, -0.05) is 0 Å². The van der Waals surface area contributed by atoms with Crippen LogP contribution in [0.4, 0.5) is 18.0 Å². The van der Waals surface area contributed by atoms with E-state index in [4.69, 9.17) is 4.74 Å². The van der Waals surface area contributed by atoms with Crippen LogP contribution in [0.5, 0.6) is 0 Å². The number of alkyl halides is 3. The summed E-state index contributed by atoms with van der Waals surface area (Å²) in [5.74, 6) is -0.521. The summed E-state index contributed by atoms with van der Waals surface area (Å²) in [5.41, 5.74) is -0.632. The number of nitrogens with zero attached hydrogens (tertiary/aromatic N) is 2. The van der Waals surface area contributed by atoms with E-state index in [-0.39, 0.29) is 25.2 Å². The molecule has 0 aromatic heterocycles. The molecule has 0 radical (unpaired) electrons. The number of hydrogen-bond donors (Lipinski definition) is 0. The summed E-state index contributed by atoms with van der Waals surface area (Å²) >= 11 is 0. The molecule has 0 aromatic rings. The molecular weight excluding hydrogens is 341 g/mol. The molecule has 1 aliphatic heterocycles.